The monoisotopic (exact) mass is 320 g/mol. The predicted molar refractivity (Wildman–Crippen MR) is 79.7 cm³/mol. The van der Waals surface area contributed by atoms with Crippen LogP contribution in [0, 0.1) is 0 Å². The fraction of sp³-hybridized carbons (Fsp3) is 0.467. The second-order valence-electron chi connectivity index (χ2n) is 6.55. The van der Waals surface area contributed by atoms with E-state index in [1.165, 1.54) is 11.3 Å². The van der Waals surface area contributed by atoms with E-state index < -0.39 is 23.8 Å². The molecule has 1 fully saturated rings. The first kappa shape index (κ1) is 14.9. The fourth-order valence-corrected chi connectivity index (χ4v) is 4.03. The van der Waals surface area contributed by atoms with Gasteiger partial charge in [0.25, 0.3) is 11.8 Å². The molecule has 1 aromatic heterocycles. The molecular formula is C15H16N2O4S. The highest BCUT2D eigenvalue weighted by Crippen LogP contribution is 2.39. The third-order valence-corrected chi connectivity index (χ3v) is 4.93. The molecule has 0 bridgehead atoms. The van der Waals surface area contributed by atoms with E-state index in [1.807, 2.05) is 26.2 Å². The van der Waals surface area contributed by atoms with Gasteiger partial charge in [-0.15, -0.1) is 11.3 Å². The largest absolute Gasteiger partial charge is 0.295 e. The summed E-state index contributed by atoms with van der Waals surface area (Å²) in [5.41, 5.74) is 0.966. The lowest BCUT2D eigenvalue weighted by Crippen LogP contribution is -2.54. The third kappa shape index (κ3) is 2.08. The smallest absolute Gasteiger partial charge is 0.272 e. The van der Waals surface area contributed by atoms with Crippen molar-refractivity contribution >= 4 is 35.0 Å². The molecule has 4 amide bonds. The van der Waals surface area contributed by atoms with Gasteiger partial charge in [0.2, 0.25) is 11.8 Å². The number of piperidine rings is 1. The van der Waals surface area contributed by atoms with Crippen LogP contribution in [0.25, 0.3) is 0 Å². The van der Waals surface area contributed by atoms with Crippen LogP contribution in [0.4, 0.5) is 0 Å². The number of nitrogens with one attached hydrogen (secondary N) is 1. The highest BCUT2D eigenvalue weighted by molar-refractivity contribution is 7.13. The molecule has 0 radical (unpaired) electrons. The van der Waals surface area contributed by atoms with Crippen molar-refractivity contribution in [3.8, 4) is 0 Å². The minimum atomic E-state index is -0.898. The fourth-order valence-electron chi connectivity index (χ4n) is 2.81. The Morgan fingerprint density at radius 2 is 1.86 bits per heavy atom. The number of rotatable bonds is 1. The zero-order valence-corrected chi connectivity index (χ0v) is 13.4. The van der Waals surface area contributed by atoms with Crippen molar-refractivity contribution in [1.82, 2.24) is 10.2 Å². The molecule has 0 saturated carbocycles. The maximum Gasteiger partial charge on any atom is 0.272 e. The van der Waals surface area contributed by atoms with Gasteiger partial charge in [-0.1, -0.05) is 20.8 Å². The lowest BCUT2D eigenvalue weighted by molar-refractivity contribution is -0.136. The van der Waals surface area contributed by atoms with Gasteiger partial charge in [0.1, 0.15) is 10.9 Å². The van der Waals surface area contributed by atoms with Crippen LogP contribution < -0.4 is 5.32 Å². The summed E-state index contributed by atoms with van der Waals surface area (Å²) >= 11 is 1.24. The van der Waals surface area contributed by atoms with Gasteiger partial charge in [-0.05, 0) is 22.8 Å². The Labute approximate surface area is 131 Å². The first-order valence-electron chi connectivity index (χ1n) is 7.05. The summed E-state index contributed by atoms with van der Waals surface area (Å²) in [5, 5.41) is 4.03. The van der Waals surface area contributed by atoms with Crippen LogP contribution in [0.15, 0.2) is 5.38 Å². The molecule has 0 spiro atoms. The van der Waals surface area contributed by atoms with Gasteiger partial charge in [0.05, 0.1) is 5.56 Å². The second kappa shape index (κ2) is 4.74. The number of nitrogens with zero attached hydrogens (tertiary/aromatic N) is 1. The molecule has 7 heteroatoms. The van der Waals surface area contributed by atoms with E-state index in [0.717, 1.165) is 10.5 Å². The third-order valence-electron chi connectivity index (χ3n) is 3.97. The number of carbonyl (C=O) groups excluding carboxylic acids is 4. The molecule has 1 atom stereocenters. The van der Waals surface area contributed by atoms with Gasteiger partial charge in [-0.3, -0.25) is 29.4 Å². The molecule has 1 N–H and O–H groups in total. The molecule has 1 aromatic rings. The summed E-state index contributed by atoms with van der Waals surface area (Å²) < 4.78 is 0. The van der Waals surface area contributed by atoms with E-state index in [9.17, 15) is 19.2 Å². The lowest BCUT2D eigenvalue weighted by Gasteiger charge is -2.28. The number of hydrogen-bond donors (Lipinski definition) is 1. The molecule has 3 rings (SSSR count). The Balaban J connectivity index is 1.99. The van der Waals surface area contributed by atoms with Crippen LogP contribution in [0.3, 0.4) is 0 Å². The predicted octanol–water partition coefficient (Wildman–Crippen LogP) is 1.45. The standard InChI is InChI=1S/C15H16N2O4S/c1-15(2,3)7-6-22-11-10(7)13(20)17(14(11)21)8-4-5-9(18)16-12(8)19/h6,8H,4-5H2,1-3H3,(H,16,18,19). The van der Waals surface area contributed by atoms with E-state index in [2.05, 4.69) is 5.32 Å². The molecule has 3 heterocycles. The Morgan fingerprint density at radius 3 is 2.45 bits per heavy atom. The van der Waals surface area contributed by atoms with Crippen LogP contribution in [0.2, 0.25) is 0 Å². The van der Waals surface area contributed by atoms with Crippen LogP contribution in [-0.4, -0.2) is 34.6 Å². The topological polar surface area (TPSA) is 83.6 Å². The van der Waals surface area contributed by atoms with Gasteiger partial charge < -0.3 is 0 Å². The lowest BCUT2D eigenvalue weighted by atomic mass is 9.86. The summed E-state index contributed by atoms with van der Waals surface area (Å²) in [5.74, 6) is -1.81. The molecule has 1 saturated heterocycles. The molecule has 6 nitrogen and oxygen atoms in total. The number of hydrogen-bond acceptors (Lipinski definition) is 5. The van der Waals surface area contributed by atoms with Crippen molar-refractivity contribution in [2.45, 2.75) is 45.1 Å². The maximum absolute atomic E-state index is 12.7. The maximum atomic E-state index is 12.7. The van der Waals surface area contributed by atoms with Crippen molar-refractivity contribution in [3.05, 3.63) is 21.4 Å². The van der Waals surface area contributed by atoms with Crippen molar-refractivity contribution < 1.29 is 19.2 Å². The number of amides is 4. The summed E-state index contributed by atoms with van der Waals surface area (Å²) in [7, 11) is 0. The second-order valence-corrected chi connectivity index (χ2v) is 7.43. The van der Waals surface area contributed by atoms with Crippen LogP contribution >= 0.6 is 11.3 Å². The van der Waals surface area contributed by atoms with Crippen LogP contribution in [-0.2, 0) is 15.0 Å². The SMILES string of the molecule is CC(C)(C)c1csc2c1C(=O)N(C1CCC(=O)NC1=O)C2=O. The molecule has 2 aliphatic rings. The van der Waals surface area contributed by atoms with Gasteiger partial charge in [0, 0.05) is 6.42 Å². The Kier molecular flexibility index (Phi) is 3.21. The first-order valence-corrected chi connectivity index (χ1v) is 7.93. The first-order chi connectivity index (χ1) is 10.2. The minimum absolute atomic E-state index is 0.132. The zero-order valence-electron chi connectivity index (χ0n) is 12.6. The van der Waals surface area contributed by atoms with Gasteiger partial charge in [-0.25, -0.2) is 0 Å². The summed E-state index contributed by atoms with van der Waals surface area (Å²) in [6.07, 6.45) is 0.315. The van der Waals surface area contributed by atoms with Crippen LogP contribution in [0.5, 0.6) is 0 Å². The Bertz CT molecular complexity index is 714. The summed E-state index contributed by atoms with van der Waals surface area (Å²) in [4.78, 5) is 49.8. The summed E-state index contributed by atoms with van der Waals surface area (Å²) in [6, 6.07) is -0.898. The molecule has 1 unspecified atom stereocenters. The van der Waals surface area contributed by atoms with E-state index in [-0.39, 0.29) is 24.2 Å². The number of carbonyl (C=O) groups is 4. The van der Waals surface area contributed by atoms with Crippen molar-refractivity contribution in [1.29, 1.82) is 0 Å². The molecule has 22 heavy (non-hydrogen) atoms. The van der Waals surface area contributed by atoms with E-state index in [4.69, 9.17) is 0 Å². The highest BCUT2D eigenvalue weighted by atomic mass is 32.1. The van der Waals surface area contributed by atoms with Crippen molar-refractivity contribution in [3.63, 3.8) is 0 Å². The molecule has 2 aliphatic heterocycles. The number of imide groups is 2. The van der Waals surface area contributed by atoms with E-state index >= 15 is 0 Å². The minimum Gasteiger partial charge on any atom is -0.295 e. The zero-order chi connectivity index (χ0) is 16.2. The van der Waals surface area contributed by atoms with Gasteiger partial charge in [-0.2, -0.15) is 0 Å². The normalized spacial score (nSPS) is 22.1. The molecule has 0 aliphatic carbocycles. The number of thiophene rings is 1. The quantitative estimate of drug-likeness (QED) is 0.794. The summed E-state index contributed by atoms with van der Waals surface area (Å²) in [6.45, 7) is 5.92. The molecular weight excluding hydrogens is 304 g/mol. The van der Waals surface area contributed by atoms with Crippen molar-refractivity contribution in [2.24, 2.45) is 0 Å². The van der Waals surface area contributed by atoms with Gasteiger partial charge in [0.15, 0.2) is 0 Å². The van der Waals surface area contributed by atoms with Crippen LogP contribution in [0.1, 0.15) is 59.2 Å². The number of fused-ring (bicyclic) bond motifs is 1. The van der Waals surface area contributed by atoms with E-state index in [0.29, 0.717) is 10.4 Å². The molecule has 0 aromatic carbocycles. The Hall–Kier alpha value is -2.02. The van der Waals surface area contributed by atoms with Crippen molar-refractivity contribution in [2.75, 3.05) is 0 Å². The highest BCUT2D eigenvalue weighted by Gasteiger charge is 2.47. The average Bonchev–Trinajstić information content (AvgIpc) is 2.93. The van der Waals surface area contributed by atoms with Gasteiger partial charge >= 0.3 is 0 Å². The average molecular weight is 320 g/mol. The van der Waals surface area contributed by atoms with E-state index in [1.54, 1.807) is 0 Å². The Morgan fingerprint density at radius 1 is 1.18 bits per heavy atom. The molecule has 116 valence electrons.